The Balaban J connectivity index is 1.94. The highest BCUT2D eigenvalue weighted by Crippen LogP contribution is 2.23. The van der Waals surface area contributed by atoms with E-state index in [-0.39, 0.29) is 12.4 Å². The molecule has 0 N–H and O–H groups in total. The molecule has 0 aliphatic rings. The first-order valence-corrected chi connectivity index (χ1v) is 7.21. The van der Waals surface area contributed by atoms with Crippen molar-refractivity contribution < 1.29 is 22.6 Å². The van der Waals surface area contributed by atoms with Gasteiger partial charge in [-0.25, -0.2) is 0 Å². The van der Waals surface area contributed by atoms with Gasteiger partial charge in [0, 0.05) is 5.33 Å². The third-order valence-corrected chi connectivity index (χ3v) is 3.26. The number of benzene rings is 2. The number of alkyl halides is 4. The van der Waals surface area contributed by atoms with E-state index in [1.54, 1.807) is 0 Å². The predicted molar refractivity (Wildman–Crippen MR) is 76.5 cm³/mol. The zero-order valence-corrected chi connectivity index (χ0v) is 12.4. The van der Waals surface area contributed by atoms with Gasteiger partial charge in [0.15, 0.2) is 0 Å². The van der Waals surface area contributed by atoms with E-state index in [0.717, 1.165) is 16.5 Å². The van der Waals surface area contributed by atoms with E-state index in [1.807, 2.05) is 24.3 Å². The first-order chi connectivity index (χ1) is 9.96. The maximum absolute atomic E-state index is 12.0. The Morgan fingerprint density at radius 3 is 2.24 bits per heavy atom. The van der Waals surface area contributed by atoms with Gasteiger partial charge in [-0.1, -0.05) is 40.2 Å². The zero-order valence-electron chi connectivity index (χ0n) is 10.9. The lowest BCUT2D eigenvalue weighted by Crippen LogP contribution is -2.17. The van der Waals surface area contributed by atoms with Gasteiger partial charge in [-0.05, 0) is 35.4 Å². The third-order valence-electron chi connectivity index (χ3n) is 2.62. The van der Waals surface area contributed by atoms with Crippen molar-refractivity contribution in [1.82, 2.24) is 0 Å². The van der Waals surface area contributed by atoms with Gasteiger partial charge in [0.25, 0.3) is 0 Å². The highest BCUT2D eigenvalue weighted by molar-refractivity contribution is 9.08. The smallest absolute Gasteiger partial charge is 0.489 e. The predicted octanol–water partition coefficient (Wildman–Crippen LogP) is 5.06. The molecule has 0 spiro atoms. The topological polar surface area (TPSA) is 18.5 Å². The maximum atomic E-state index is 12.0. The van der Waals surface area contributed by atoms with Crippen LogP contribution in [0.5, 0.6) is 11.5 Å². The van der Waals surface area contributed by atoms with E-state index in [2.05, 4.69) is 20.7 Å². The highest BCUT2D eigenvalue weighted by Gasteiger charge is 2.30. The molecule has 0 aliphatic carbocycles. The second-order valence-corrected chi connectivity index (χ2v) is 4.82. The van der Waals surface area contributed by atoms with Crippen molar-refractivity contribution in [3.8, 4) is 11.5 Å². The molecule has 21 heavy (non-hydrogen) atoms. The Hall–Kier alpha value is -1.69. The summed E-state index contributed by atoms with van der Waals surface area (Å²) >= 11 is 3.36. The fraction of sp³-hybridized carbons (Fsp3) is 0.200. The van der Waals surface area contributed by atoms with E-state index in [0.29, 0.717) is 5.75 Å². The Morgan fingerprint density at radius 2 is 1.62 bits per heavy atom. The molecule has 0 fully saturated rings. The van der Waals surface area contributed by atoms with Gasteiger partial charge in [0.1, 0.15) is 18.1 Å². The van der Waals surface area contributed by atoms with Crippen LogP contribution in [0.4, 0.5) is 13.2 Å². The van der Waals surface area contributed by atoms with Crippen LogP contribution >= 0.6 is 15.9 Å². The van der Waals surface area contributed by atoms with Crippen molar-refractivity contribution in [2.75, 3.05) is 0 Å². The minimum Gasteiger partial charge on any atom is -0.489 e. The number of hydrogen-bond donors (Lipinski definition) is 0. The molecule has 0 radical (unpaired) electrons. The molecule has 0 amide bonds. The molecule has 6 heteroatoms. The van der Waals surface area contributed by atoms with Crippen LogP contribution in [0.1, 0.15) is 11.1 Å². The second-order valence-electron chi connectivity index (χ2n) is 4.26. The van der Waals surface area contributed by atoms with E-state index in [9.17, 15) is 13.2 Å². The molecule has 2 nitrogen and oxygen atoms in total. The Kier molecular flexibility index (Phi) is 5.12. The van der Waals surface area contributed by atoms with Gasteiger partial charge < -0.3 is 9.47 Å². The fourth-order valence-corrected chi connectivity index (χ4v) is 2.02. The number of rotatable bonds is 5. The molecule has 2 aromatic rings. The highest BCUT2D eigenvalue weighted by atomic mass is 79.9. The summed E-state index contributed by atoms with van der Waals surface area (Å²) in [7, 11) is 0. The van der Waals surface area contributed by atoms with Crippen molar-refractivity contribution in [3.05, 3.63) is 59.7 Å². The molecule has 0 bridgehead atoms. The average Bonchev–Trinajstić information content (AvgIpc) is 2.45. The van der Waals surface area contributed by atoms with E-state index in [1.165, 1.54) is 24.3 Å². The molecule has 0 heterocycles. The Morgan fingerprint density at radius 1 is 0.905 bits per heavy atom. The van der Waals surface area contributed by atoms with Gasteiger partial charge in [-0.2, -0.15) is 0 Å². The standard InChI is InChI=1S/C15H12BrF3O2/c16-9-12-2-1-3-14(8-12)20-10-11-4-6-13(7-5-11)21-15(17,18)19/h1-8H,9-10H2. The maximum Gasteiger partial charge on any atom is 0.573 e. The normalized spacial score (nSPS) is 11.2. The van der Waals surface area contributed by atoms with Gasteiger partial charge in [0.05, 0.1) is 0 Å². The van der Waals surface area contributed by atoms with E-state index < -0.39 is 6.36 Å². The molecule has 0 aliphatic heterocycles. The fourth-order valence-electron chi connectivity index (χ4n) is 1.67. The number of halogens is 4. The van der Waals surface area contributed by atoms with Gasteiger partial charge in [-0.3, -0.25) is 0 Å². The molecular weight excluding hydrogens is 349 g/mol. The Bertz CT molecular complexity index is 582. The van der Waals surface area contributed by atoms with Crippen LogP contribution in [0.15, 0.2) is 48.5 Å². The monoisotopic (exact) mass is 360 g/mol. The van der Waals surface area contributed by atoms with E-state index in [4.69, 9.17) is 4.74 Å². The summed E-state index contributed by atoms with van der Waals surface area (Å²) in [5, 5.41) is 0.730. The van der Waals surface area contributed by atoms with Gasteiger partial charge in [0.2, 0.25) is 0 Å². The van der Waals surface area contributed by atoms with Crippen LogP contribution in [-0.4, -0.2) is 6.36 Å². The van der Waals surface area contributed by atoms with Crippen molar-refractivity contribution in [2.24, 2.45) is 0 Å². The summed E-state index contributed by atoms with van der Waals surface area (Å²) in [6, 6.07) is 13.2. The molecule has 0 atom stereocenters. The van der Waals surface area contributed by atoms with Crippen LogP contribution in [0.25, 0.3) is 0 Å². The molecule has 2 aromatic carbocycles. The number of hydrogen-bond acceptors (Lipinski definition) is 2. The van der Waals surface area contributed by atoms with Crippen LogP contribution in [0.3, 0.4) is 0 Å². The lowest BCUT2D eigenvalue weighted by atomic mass is 10.2. The number of ether oxygens (including phenoxy) is 2. The first-order valence-electron chi connectivity index (χ1n) is 6.09. The molecule has 2 rings (SSSR count). The summed E-state index contributed by atoms with van der Waals surface area (Å²) in [6.07, 6.45) is -4.67. The minimum atomic E-state index is -4.67. The summed E-state index contributed by atoms with van der Waals surface area (Å²) in [6.45, 7) is 0.276. The molecule has 0 unspecified atom stereocenters. The lowest BCUT2D eigenvalue weighted by molar-refractivity contribution is -0.274. The summed E-state index contributed by atoms with van der Waals surface area (Å²) < 4.78 is 45.5. The van der Waals surface area contributed by atoms with Crippen LogP contribution in [-0.2, 0) is 11.9 Å². The second kappa shape index (κ2) is 6.85. The summed E-state index contributed by atoms with van der Waals surface area (Å²) in [5.41, 5.74) is 1.84. The molecule has 0 saturated heterocycles. The van der Waals surface area contributed by atoms with Crippen LogP contribution < -0.4 is 9.47 Å². The van der Waals surface area contributed by atoms with Crippen LogP contribution in [0.2, 0.25) is 0 Å². The first kappa shape index (κ1) is 15.7. The largest absolute Gasteiger partial charge is 0.573 e. The lowest BCUT2D eigenvalue weighted by Gasteiger charge is -2.10. The van der Waals surface area contributed by atoms with Gasteiger partial charge >= 0.3 is 6.36 Å². The quantitative estimate of drug-likeness (QED) is 0.694. The van der Waals surface area contributed by atoms with E-state index >= 15 is 0 Å². The van der Waals surface area contributed by atoms with Crippen LogP contribution in [0, 0.1) is 0 Å². The molecule has 0 saturated carbocycles. The third kappa shape index (κ3) is 5.30. The van der Waals surface area contributed by atoms with Crippen molar-refractivity contribution in [2.45, 2.75) is 18.3 Å². The average molecular weight is 361 g/mol. The zero-order chi connectivity index (χ0) is 15.3. The SMILES string of the molecule is FC(F)(F)Oc1ccc(COc2cccc(CBr)c2)cc1. The summed E-state index contributed by atoms with van der Waals surface area (Å²) in [5.74, 6) is 0.468. The Labute approximate surface area is 128 Å². The van der Waals surface area contributed by atoms with Crippen molar-refractivity contribution >= 4 is 15.9 Å². The van der Waals surface area contributed by atoms with Crippen molar-refractivity contribution in [1.29, 1.82) is 0 Å². The van der Waals surface area contributed by atoms with Gasteiger partial charge in [-0.15, -0.1) is 13.2 Å². The summed E-state index contributed by atoms with van der Waals surface area (Å²) in [4.78, 5) is 0. The molecular formula is C15H12BrF3O2. The minimum absolute atomic E-state index is 0.243. The molecule has 0 aromatic heterocycles. The molecule has 112 valence electrons. The van der Waals surface area contributed by atoms with Crippen molar-refractivity contribution in [3.63, 3.8) is 0 Å².